The lowest BCUT2D eigenvalue weighted by Gasteiger charge is -2.10. The van der Waals surface area contributed by atoms with Crippen LogP contribution < -0.4 is 0 Å². The Balaban J connectivity index is 2.25. The van der Waals surface area contributed by atoms with Crippen molar-refractivity contribution in [2.24, 2.45) is 5.92 Å². The summed E-state index contributed by atoms with van der Waals surface area (Å²) in [7, 11) is 0. The Bertz CT molecular complexity index is 746. The van der Waals surface area contributed by atoms with Gasteiger partial charge in [0.1, 0.15) is 11.3 Å². The summed E-state index contributed by atoms with van der Waals surface area (Å²) >= 11 is 6.12. The van der Waals surface area contributed by atoms with Crippen LogP contribution in [0.4, 0.5) is 0 Å². The average molecular weight is 286 g/mol. The summed E-state index contributed by atoms with van der Waals surface area (Å²) < 4.78 is 2.10. The van der Waals surface area contributed by atoms with Gasteiger partial charge in [-0.05, 0) is 36.2 Å². The molecule has 20 heavy (non-hydrogen) atoms. The number of rotatable bonds is 3. The fourth-order valence-corrected chi connectivity index (χ4v) is 2.53. The molecule has 0 aliphatic carbocycles. The zero-order valence-electron chi connectivity index (χ0n) is 11.5. The van der Waals surface area contributed by atoms with E-state index >= 15 is 0 Å². The van der Waals surface area contributed by atoms with E-state index in [0.717, 1.165) is 34.1 Å². The molecular weight excluding hydrogens is 270 g/mol. The van der Waals surface area contributed by atoms with Crippen molar-refractivity contribution in [2.45, 2.75) is 20.3 Å². The summed E-state index contributed by atoms with van der Waals surface area (Å²) in [4.78, 5) is 9.19. The van der Waals surface area contributed by atoms with Gasteiger partial charge in [0.2, 0.25) is 0 Å². The normalized spacial score (nSPS) is 11.4. The molecule has 0 atom stereocenters. The lowest BCUT2D eigenvalue weighted by atomic mass is 10.1. The van der Waals surface area contributed by atoms with Crippen LogP contribution in [-0.4, -0.2) is 14.5 Å². The summed E-state index contributed by atoms with van der Waals surface area (Å²) in [5.74, 6) is 1.56. The molecule has 0 bridgehead atoms. The number of hydrogen-bond acceptors (Lipinski definition) is 2. The predicted octanol–water partition coefficient (Wildman–Crippen LogP) is 4.27. The first-order valence-electron chi connectivity index (χ1n) is 6.73. The van der Waals surface area contributed by atoms with Crippen molar-refractivity contribution in [3.8, 4) is 5.69 Å². The van der Waals surface area contributed by atoms with E-state index in [1.807, 2.05) is 36.4 Å². The highest BCUT2D eigenvalue weighted by Crippen LogP contribution is 2.23. The van der Waals surface area contributed by atoms with Crippen LogP contribution in [-0.2, 0) is 6.42 Å². The van der Waals surface area contributed by atoms with Crippen molar-refractivity contribution in [1.29, 1.82) is 0 Å². The summed E-state index contributed by atoms with van der Waals surface area (Å²) in [6.07, 6.45) is 2.70. The lowest BCUT2D eigenvalue weighted by Crippen LogP contribution is -2.05. The van der Waals surface area contributed by atoms with Crippen LogP contribution in [0.15, 0.2) is 42.6 Å². The van der Waals surface area contributed by atoms with E-state index in [1.54, 1.807) is 6.20 Å². The molecule has 0 saturated heterocycles. The number of benzene rings is 1. The number of fused-ring (bicyclic) bond motifs is 1. The number of aromatic nitrogens is 3. The van der Waals surface area contributed by atoms with Gasteiger partial charge in [-0.2, -0.15) is 0 Å². The van der Waals surface area contributed by atoms with E-state index in [-0.39, 0.29) is 0 Å². The monoisotopic (exact) mass is 285 g/mol. The van der Waals surface area contributed by atoms with Crippen LogP contribution in [0.3, 0.4) is 0 Å². The number of nitrogens with zero attached hydrogens (tertiary/aromatic N) is 3. The second-order valence-corrected chi connectivity index (χ2v) is 5.72. The van der Waals surface area contributed by atoms with Crippen LogP contribution in [0, 0.1) is 5.92 Å². The largest absolute Gasteiger partial charge is 0.281 e. The van der Waals surface area contributed by atoms with Crippen LogP contribution >= 0.6 is 11.6 Å². The first-order chi connectivity index (χ1) is 9.65. The minimum Gasteiger partial charge on any atom is -0.281 e. The fraction of sp³-hybridized carbons (Fsp3) is 0.250. The number of hydrogen-bond donors (Lipinski definition) is 0. The highest BCUT2D eigenvalue weighted by molar-refractivity contribution is 6.30. The Morgan fingerprint density at radius 3 is 2.80 bits per heavy atom. The second-order valence-electron chi connectivity index (χ2n) is 5.29. The first-order valence-corrected chi connectivity index (χ1v) is 7.11. The summed E-state index contributed by atoms with van der Waals surface area (Å²) in [5.41, 5.74) is 2.81. The summed E-state index contributed by atoms with van der Waals surface area (Å²) in [5, 5.41) is 0.718. The van der Waals surface area contributed by atoms with Gasteiger partial charge in [-0.1, -0.05) is 31.5 Å². The molecular formula is C16H16ClN3. The summed E-state index contributed by atoms with van der Waals surface area (Å²) in [6.45, 7) is 4.38. The SMILES string of the molecule is CC(C)Cc1nc2cccnc2n1-c1cccc(Cl)c1. The van der Waals surface area contributed by atoms with Crippen molar-refractivity contribution >= 4 is 22.8 Å². The van der Waals surface area contributed by atoms with Crippen LogP contribution in [0.2, 0.25) is 5.02 Å². The minimum absolute atomic E-state index is 0.532. The maximum atomic E-state index is 6.12. The molecule has 0 spiro atoms. The molecule has 4 heteroatoms. The molecule has 0 unspecified atom stereocenters. The van der Waals surface area contributed by atoms with Gasteiger partial charge in [0, 0.05) is 17.6 Å². The molecule has 102 valence electrons. The molecule has 0 fully saturated rings. The maximum Gasteiger partial charge on any atom is 0.164 e. The van der Waals surface area contributed by atoms with Gasteiger partial charge in [0.25, 0.3) is 0 Å². The molecule has 2 aromatic heterocycles. The van der Waals surface area contributed by atoms with Gasteiger partial charge in [0.05, 0.1) is 5.69 Å². The van der Waals surface area contributed by atoms with Gasteiger partial charge < -0.3 is 0 Å². The molecule has 0 aliphatic rings. The van der Waals surface area contributed by atoms with E-state index in [4.69, 9.17) is 16.6 Å². The van der Waals surface area contributed by atoms with E-state index < -0.39 is 0 Å². The molecule has 0 aliphatic heterocycles. The molecule has 3 nitrogen and oxygen atoms in total. The van der Waals surface area contributed by atoms with E-state index in [2.05, 4.69) is 23.4 Å². The van der Waals surface area contributed by atoms with Crippen LogP contribution in [0.5, 0.6) is 0 Å². The van der Waals surface area contributed by atoms with Crippen molar-refractivity contribution in [3.05, 3.63) is 53.4 Å². The third-order valence-corrected chi connectivity index (χ3v) is 3.38. The third kappa shape index (κ3) is 2.41. The Hall–Kier alpha value is -1.87. The fourth-order valence-electron chi connectivity index (χ4n) is 2.35. The zero-order valence-corrected chi connectivity index (χ0v) is 12.3. The third-order valence-electron chi connectivity index (χ3n) is 3.14. The quantitative estimate of drug-likeness (QED) is 0.719. The molecule has 0 radical (unpaired) electrons. The Labute approximate surface area is 123 Å². The topological polar surface area (TPSA) is 30.7 Å². The number of pyridine rings is 1. The number of halogens is 1. The summed E-state index contributed by atoms with van der Waals surface area (Å²) in [6, 6.07) is 11.7. The van der Waals surface area contributed by atoms with E-state index in [9.17, 15) is 0 Å². The van der Waals surface area contributed by atoms with Gasteiger partial charge in [-0.25, -0.2) is 9.97 Å². The molecule has 0 saturated carbocycles. The standard InChI is InChI=1S/C16H16ClN3/c1-11(2)9-15-19-14-7-4-8-18-16(14)20(15)13-6-3-5-12(17)10-13/h3-8,10-11H,9H2,1-2H3. The van der Waals surface area contributed by atoms with Crippen molar-refractivity contribution in [3.63, 3.8) is 0 Å². The smallest absolute Gasteiger partial charge is 0.164 e. The van der Waals surface area contributed by atoms with Gasteiger partial charge in [-0.15, -0.1) is 0 Å². The molecule has 3 rings (SSSR count). The van der Waals surface area contributed by atoms with E-state index in [0.29, 0.717) is 5.92 Å². The van der Waals surface area contributed by atoms with Gasteiger partial charge in [-0.3, -0.25) is 4.57 Å². The molecule has 3 aromatic rings. The van der Waals surface area contributed by atoms with E-state index in [1.165, 1.54) is 0 Å². The maximum absolute atomic E-state index is 6.12. The Kier molecular flexibility index (Phi) is 3.45. The Morgan fingerprint density at radius 2 is 2.05 bits per heavy atom. The predicted molar refractivity (Wildman–Crippen MR) is 82.4 cm³/mol. The molecule has 0 amide bonds. The van der Waals surface area contributed by atoms with Crippen molar-refractivity contribution < 1.29 is 0 Å². The highest BCUT2D eigenvalue weighted by Gasteiger charge is 2.14. The van der Waals surface area contributed by atoms with Crippen LogP contribution in [0.1, 0.15) is 19.7 Å². The first kappa shape index (κ1) is 13.1. The average Bonchev–Trinajstić information content (AvgIpc) is 2.75. The number of imidazole rings is 1. The zero-order chi connectivity index (χ0) is 14.1. The van der Waals surface area contributed by atoms with Gasteiger partial charge >= 0.3 is 0 Å². The lowest BCUT2D eigenvalue weighted by molar-refractivity contribution is 0.616. The minimum atomic E-state index is 0.532. The molecule has 2 heterocycles. The molecule has 0 N–H and O–H groups in total. The van der Waals surface area contributed by atoms with Gasteiger partial charge in [0.15, 0.2) is 5.65 Å². The molecule has 1 aromatic carbocycles. The second kappa shape index (κ2) is 5.25. The van der Waals surface area contributed by atoms with Crippen LogP contribution in [0.25, 0.3) is 16.9 Å². The highest BCUT2D eigenvalue weighted by atomic mass is 35.5. The van der Waals surface area contributed by atoms with Crippen molar-refractivity contribution in [1.82, 2.24) is 14.5 Å². The van der Waals surface area contributed by atoms with Crippen molar-refractivity contribution in [2.75, 3.05) is 0 Å². The Morgan fingerprint density at radius 1 is 1.20 bits per heavy atom.